The predicted molar refractivity (Wildman–Crippen MR) is 74.3 cm³/mol. The maximum Gasteiger partial charge on any atom is 0.0266 e. The molecular weight excluding hydrogens is 206 g/mol. The van der Waals surface area contributed by atoms with Gasteiger partial charge in [-0.2, -0.15) is 0 Å². The van der Waals surface area contributed by atoms with Gasteiger partial charge in [-0.05, 0) is 47.3 Å². The average Bonchev–Trinajstić information content (AvgIpc) is 2.24. The average molecular weight is 231 g/mol. The molecule has 0 bridgehead atoms. The van der Waals surface area contributed by atoms with Gasteiger partial charge in [-0.1, -0.05) is 45.9 Å². The van der Waals surface area contributed by atoms with E-state index in [9.17, 15) is 0 Å². The van der Waals surface area contributed by atoms with Gasteiger partial charge in [0.2, 0.25) is 0 Å². The standard InChI is InChI=1S/C16H25N/c1-11(17)12-6-7-13-14(10-12)16(4,5)9-8-15(13,2)3/h6-7,10-11H,8-9,17H2,1-5H3/t11-/m0/s1. The predicted octanol–water partition coefficient (Wildman–Crippen LogP) is 4.06. The van der Waals surface area contributed by atoms with E-state index in [2.05, 4.69) is 52.8 Å². The molecule has 0 fully saturated rings. The molecule has 94 valence electrons. The molecule has 2 rings (SSSR count). The van der Waals surface area contributed by atoms with Crippen LogP contribution in [0.2, 0.25) is 0 Å². The van der Waals surface area contributed by atoms with Crippen molar-refractivity contribution in [2.45, 2.75) is 64.3 Å². The Bertz CT molecular complexity index is 427. The minimum absolute atomic E-state index is 0.126. The zero-order chi connectivity index (χ0) is 12.8. The minimum Gasteiger partial charge on any atom is -0.324 e. The Kier molecular flexibility index (Phi) is 2.86. The molecule has 0 saturated heterocycles. The van der Waals surface area contributed by atoms with Gasteiger partial charge in [0.15, 0.2) is 0 Å². The van der Waals surface area contributed by atoms with Crippen LogP contribution in [0.15, 0.2) is 18.2 Å². The Morgan fingerprint density at radius 1 is 1.00 bits per heavy atom. The van der Waals surface area contributed by atoms with Gasteiger partial charge in [0.05, 0.1) is 0 Å². The number of hydrogen-bond acceptors (Lipinski definition) is 1. The lowest BCUT2D eigenvalue weighted by Gasteiger charge is -2.42. The van der Waals surface area contributed by atoms with Crippen LogP contribution in [0.4, 0.5) is 0 Å². The molecule has 17 heavy (non-hydrogen) atoms. The molecule has 0 unspecified atom stereocenters. The zero-order valence-corrected chi connectivity index (χ0v) is 11.8. The Morgan fingerprint density at radius 2 is 1.53 bits per heavy atom. The summed E-state index contributed by atoms with van der Waals surface area (Å²) in [5.41, 5.74) is 10.9. The molecule has 1 nitrogen and oxygen atoms in total. The number of fused-ring (bicyclic) bond motifs is 1. The topological polar surface area (TPSA) is 26.0 Å². The first-order chi connectivity index (χ1) is 7.74. The fourth-order valence-corrected chi connectivity index (χ4v) is 2.89. The van der Waals surface area contributed by atoms with Crippen LogP contribution >= 0.6 is 0 Å². The van der Waals surface area contributed by atoms with Gasteiger partial charge in [0, 0.05) is 6.04 Å². The van der Waals surface area contributed by atoms with Gasteiger partial charge in [-0.3, -0.25) is 0 Å². The van der Waals surface area contributed by atoms with Gasteiger partial charge in [-0.25, -0.2) is 0 Å². The lowest BCUT2D eigenvalue weighted by molar-refractivity contribution is 0.331. The third kappa shape index (κ3) is 2.13. The lowest BCUT2D eigenvalue weighted by atomic mass is 9.63. The smallest absolute Gasteiger partial charge is 0.0266 e. The van der Waals surface area contributed by atoms with Crippen molar-refractivity contribution in [2.24, 2.45) is 5.73 Å². The lowest BCUT2D eigenvalue weighted by Crippen LogP contribution is -2.34. The van der Waals surface area contributed by atoms with Crippen LogP contribution in [0.5, 0.6) is 0 Å². The summed E-state index contributed by atoms with van der Waals surface area (Å²) in [7, 11) is 0. The molecule has 0 heterocycles. The van der Waals surface area contributed by atoms with Crippen LogP contribution < -0.4 is 5.73 Å². The van der Waals surface area contributed by atoms with Crippen molar-refractivity contribution < 1.29 is 0 Å². The summed E-state index contributed by atoms with van der Waals surface area (Å²) in [6.45, 7) is 11.5. The highest BCUT2D eigenvalue weighted by Gasteiger charge is 2.36. The molecule has 1 aromatic rings. The Morgan fingerprint density at radius 3 is 2.06 bits per heavy atom. The van der Waals surface area contributed by atoms with E-state index >= 15 is 0 Å². The van der Waals surface area contributed by atoms with E-state index in [4.69, 9.17) is 5.73 Å². The summed E-state index contributed by atoms with van der Waals surface area (Å²) >= 11 is 0. The maximum absolute atomic E-state index is 6.00. The van der Waals surface area contributed by atoms with Crippen LogP contribution in [0, 0.1) is 0 Å². The molecule has 1 aromatic carbocycles. The minimum atomic E-state index is 0.126. The summed E-state index contributed by atoms with van der Waals surface area (Å²) in [6.07, 6.45) is 2.53. The third-order valence-electron chi connectivity index (χ3n) is 4.40. The molecule has 1 aliphatic carbocycles. The number of rotatable bonds is 1. The normalized spacial score (nSPS) is 22.9. The van der Waals surface area contributed by atoms with Crippen molar-refractivity contribution in [3.63, 3.8) is 0 Å². The SMILES string of the molecule is C[C@H](N)c1ccc2c(c1)C(C)(C)CCC2(C)C. The number of nitrogens with two attached hydrogens (primary N) is 1. The van der Waals surface area contributed by atoms with E-state index < -0.39 is 0 Å². The van der Waals surface area contributed by atoms with E-state index in [0.29, 0.717) is 5.41 Å². The Labute approximate surface area is 105 Å². The van der Waals surface area contributed by atoms with Crippen molar-refractivity contribution >= 4 is 0 Å². The summed E-state index contributed by atoms with van der Waals surface area (Å²) in [6, 6.07) is 6.96. The summed E-state index contributed by atoms with van der Waals surface area (Å²) < 4.78 is 0. The van der Waals surface area contributed by atoms with Crippen molar-refractivity contribution in [3.05, 3.63) is 34.9 Å². The fraction of sp³-hybridized carbons (Fsp3) is 0.625. The van der Waals surface area contributed by atoms with Gasteiger partial charge in [0.25, 0.3) is 0 Å². The van der Waals surface area contributed by atoms with Crippen LogP contribution in [-0.4, -0.2) is 0 Å². The van der Waals surface area contributed by atoms with Gasteiger partial charge in [0.1, 0.15) is 0 Å². The number of benzene rings is 1. The monoisotopic (exact) mass is 231 g/mol. The van der Waals surface area contributed by atoms with E-state index in [1.54, 1.807) is 0 Å². The summed E-state index contributed by atoms with van der Waals surface area (Å²) in [5, 5.41) is 0. The molecule has 0 aliphatic heterocycles. The van der Waals surface area contributed by atoms with Crippen LogP contribution in [0.1, 0.15) is 70.2 Å². The number of hydrogen-bond donors (Lipinski definition) is 1. The quantitative estimate of drug-likeness (QED) is 0.775. The van der Waals surface area contributed by atoms with Crippen molar-refractivity contribution in [2.75, 3.05) is 0 Å². The highest BCUT2D eigenvalue weighted by atomic mass is 14.6. The van der Waals surface area contributed by atoms with E-state index in [1.807, 2.05) is 0 Å². The second-order valence-electron chi connectivity index (χ2n) is 6.86. The molecule has 1 aliphatic rings. The maximum atomic E-state index is 6.00. The van der Waals surface area contributed by atoms with E-state index in [1.165, 1.54) is 29.5 Å². The Balaban J connectivity index is 2.60. The largest absolute Gasteiger partial charge is 0.324 e. The van der Waals surface area contributed by atoms with E-state index in [-0.39, 0.29) is 11.5 Å². The highest BCUT2D eigenvalue weighted by molar-refractivity contribution is 5.44. The first-order valence-electron chi connectivity index (χ1n) is 6.64. The zero-order valence-electron chi connectivity index (χ0n) is 11.8. The van der Waals surface area contributed by atoms with E-state index in [0.717, 1.165) is 0 Å². The molecule has 1 atom stereocenters. The summed E-state index contributed by atoms with van der Waals surface area (Å²) in [5.74, 6) is 0. The molecule has 1 heteroatoms. The molecule has 0 saturated carbocycles. The molecule has 0 amide bonds. The van der Waals surface area contributed by atoms with Gasteiger partial charge >= 0.3 is 0 Å². The molecule has 0 aromatic heterocycles. The van der Waals surface area contributed by atoms with Crippen LogP contribution in [0.25, 0.3) is 0 Å². The molecule has 2 N–H and O–H groups in total. The fourth-order valence-electron chi connectivity index (χ4n) is 2.89. The van der Waals surface area contributed by atoms with Gasteiger partial charge < -0.3 is 5.73 Å². The van der Waals surface area contributed by atoms with Gasteiger partial charge in [-0.15, -0.1) is 0 Å². The second kappa shape index (κ2) is 3.84. The van der Waals surface area contributed by atoms with Crippen molar-refractivity contribution in [3.8, 4) is 0 Å². The summed E-state index contributed by atoms with van der Waals surface area (Å²) in [4.78, 5) is 0. The first kappa shape index (κ1) is 12.6. The van der Waals surface area contributed by atoms with Crippen LogP contribution in [0.3, 0.4) is 0 Å². The first-order valence-corrected chi connectivity index (χ1v) is 6.64. The van der Waals surface area contributed by atoms with Crippen molar-refractivity contribution in [1.82, 2.24) is 0 Å². The highest BCUT2D eigenvalue weighted by Crippen LogP contribution is 2.46. The third-order valence-corrected chi connectivity index (χ3v) is 4.40. The Hall–Kier alpha value is -0.820. The molecule has 0 radical (unpaired) electrons. The van der Waals surface area contributed by atoms with Crippen LogP contribution in [-0.2, 0) is 10.8 Å². The second-order valence-corrected chi connectivity index (χ2v) is 6.86. The molecular formula is C16H25N. The van der Waals surface area contributed by atoms with Crippen molar-refractivity contribution in [1.29, 1.82) is 0 Å². The molecule has 0 spiro atoms.